The third-order valence-electron chi connectivity index (χ3n) is 2.76. The van der Waals surface area contributed by atoms with Gasteiger partial charge in [-0.1, -0.05) is 31.5 Å². The maximum atomic E-state index is 4.54. The molecule has 0 saturated heterocycles. The molecule has 0 atom stereocenters. The van der Waals surface area contributed by atoms with Gasteiger partial charge in [0.05, 0.1) is 5.52 Å². The van der Waals surface area contributed by atoms with Gasteiger partial charge in [0.1, 0.15) is 0 Å². The molecule has 0 amide bonds. The van der Waals surface area contributed by atoms with E-state index >= 15 is 0 Å². The van der Waals surface area contributed by atoms with Crippen molar-refractivity contribution in [2.75, 3.05) is 0 Å². The molecule has 0 unspecified atom stereocenters. The van der Waals surface area contributed by atoms with Gasteiger partial charge in [0.25, 0.3) is 0 Å². The number of unbranched alkanes of at least 4 members (excludes halogenated alkanes) is 1. The summed E-state index contributed by atoms with van der Waals surface area (Å²) in [7, 11) is 0. The van der Waals surface area contributed by atoms with Gasteiger partial charge in [0.2, 0.25) is 0 Å². The first-order chi connectivity index (χ1) is 7.31. The zero-order chi connectivity index (χ0) is 10.7. The Morgan fingerprint density at radius 2 is 2.00 bits per heavy atom. The Kier molecular flexibility index (Phi) is 3.00. The SMILES string of the molecule is CCCCc1cccc2nc(C)ccc12. The fourth-order valence-electron chi connectivity index (χ4n) is 1.91. The average molecular weight is 199 g/mol. The van der Waals surface area contributed by atoms with Gasteiger partial charge in [-0.15, -0.1) is 0 Å². The summed E-state index contributed by atoms with van der Waals surface area (Å²) in [5.41, 5.74) is 3.65. The van der Waals surface area contributed by atoms with Crippen LogP contribution in [0, 0.1) is 6.92 Å². The van der Waals surface area contributed by atoms with Crippen LogP contribution >= 0.6 is 0 Å². The largest absolute Gasteiger partial charge is 0.253 e. The number of rotatable bonds is 3. The number of aromatic nitrogens is 1. The van der Waals surface area contributed by atoms with Crippen LogP contribution in [0.3, 0.4) is 0 Å². The lowest BCUT2D eigenvalue weighted by Gasteiger charge is -2.05. The number of nitrogens with zero attached hydrogens (tertiary/aromatic N) is 1. The van der Waals surface area contributed by atoms with Crippen molar-refractivity contribution in [1.29, 1.82) is 0 Å². The first-order valence-corrected chi connectivity index (χ1v) is 5.66. The number of fused-ring (bicyclic) bond motifs is 1. The molecular formula is C14H17N. The van der Waals surface area contributed by atoms with Crippen LogP contribution in [0.25, 0.3) is 10.9 Å². The van der Waals surface area contributed by atoms with Crippen LogP contribution in [-0.4, -0.2) is 4.98 Å². The Hall–Kier alpha value is -1.37. The highest BCUT2D eigenvalue weighted by Gasteiger charge is 2.01. The van der Waals surface area contributed by atoms with Crippen molar-refractivity contribution < 1.29 is 0 Å². The monoisotopic (exact) mass is 199 g/mol. The van der Waals surface area contributed by atoms with Crippen molar-refractivity contribution in [3.05, 3.63) is 41.6 Å². The number of hydrogen-bond acceptors (Lipinski definition) is 1. The van der Waals surface area contributed by atoms with E-state index in [0.717, 1.165) is 11.2 Å². The summed E-state index contributed by atoms with van der Waals surface area (Å²) >= 11 is 0. The molecule has 2 rings (SSSR count). The van der Waals surface area contributed by atoms with E-state index in [1.807, 2.05) is 6.92 Å². The lowest BCUT2D eigenvalue weighted by atomic mass is 10.0. The molecule has 0 saturated carbocycles. The molecule has 15 heavy (non-hydrogen) atoms. The van der Waals surface area contributed by atoms with E-state index in [1.54, 1.807) is 0 Å². The lowest BCUT2D eigenvalue weighted by molar-refractivity contribution is 0.799. The number of benzene rings is 1. The van der Waals surface area contributed by atoms with Crippen LogP contribution in [0.2, 0.25) is 0 Å². The molecule has 0 aliphatic carbocycles. The maximum absolute atomic E-state index is 4.54. The molecule has 0 radical (unpaired) electrons. The molecule has 0 N–H and O–H groups in total. The quantitative estimate of drug-likeness (QED) is 0.731. The molecule has 1 aromatic heterocycles. The molecule has 78 valence electrons. The summed E-state index contributed by atoms with van der Waals surface area (Å²) in [6, 6.07) is 10.7. The topological polar surface area (TPSA) is 12.9 Å². The van der Waals surface area contributed by atoms with Crippen molar-refractivity contribution in [3.8, 4) is 0 Å². The number of pyridine rings is 1. The van der Waals surface area contributed by atoms with Crippen molar-refractivity contribution in [3.63, 3.8) is 0 Å². The van der Waals surface area contributed by atoms with Gasteiger partial charge >= 0.3 is 0 Å². The van der Waals surface area contributed by atoms with Crippen molar-refractivity contribution >= 4 is 10.9 Å². The first kappa shape index (κ1) is 10.2. The van der Waals surface area contributed by atoms with E-state index in [-0.39, 0.29) is 0 Å². The standard InChI is InChI=1S/C14H17N/c1-3-4-6-12-7-5-8-14-13(12)10-9-11(2)15-14/h5,7-10H,3-4,6H2,1-2H3. The van der Waals surface area contributed by atoms with Crippen LogP contribution in [0.15, 0.2) is 30.3 Å². The van der Waals surface area contributed by atoms with E-state index in [1.165, 1.54) is 30.2 Å². The first-order valence-electron chi connectivity index (χ1n) is 5.66. The smallest absolute Gasteiger partial charge is 0.0707 e. The minimum atomic E-state index is 1.09. The summed E-state index contributed by atoms with van der Waals surface area (Å²) in [5, 5.41) is 1.32. The molecule has 1 nitrogen and oxygen atoms in total. The molecule has 1 heteroatoms. The van der Waals surface area contributed by atoms with Gasteiger partial charge in [-0.05, 0) is 37.5 Å². The van der Waals surface area contributed by atoms with Gasteiger partial charge in [0.15, 0.2) is 0 Å². The number of aryl methyl sites for hydroxylation is 2. The molecule has 0 aliphatic heterocycles. The molecule has 0 fully saturated rings. The second-order valence-corrected chi connectivity index (χ2v) is 4.04. The van der Waals surface area contributed by atoms with E-state index in [9.17, 15) is 0 Å². The van der Waals surface area contributed by atoms with Crippen LogP contribution in [0.1, 0.15) is 31.0 Å². The highest BCUT2D eigenvalue weighted by Crippen LogP contribution is 2.19. The average Bonchev–Trinajstić information content (AvgIpc) is 2.25. The third-order valence-corrected chi connectivity index (χ3v) is 2.76. The summed E-state index contributed by atoms with van der Waals surface area (Å²) in [6.07, 6.45) is 3.67. The van der Waals surface area contributed by atoms with Crippen molar-refractivity contribution in [2.45, 2.75) is 33.1 Å². The molecule has 0 spiro atoms. The maximum Gasteiger partial charge on any atom is 0.0707 e. The minimum absolute atomic E-state index is 1.09. The fourth-order valence-corrected chi connectivity index (χ4v) is 1.91. The molecule has 0 bridgehead atoms. The summed E-state index contributed by atoms with van der Waals surface area (Å²) < 4.78 is 0. The second-order valence-electron chi connectivity index (χ2n) is 4.04. The van der Waals surface area contributed by atoms with Crippen LogP contribution in [-0.2, 0) is 6.42 Å². The fraction of sp³-hybridized carbons (Fsp3) is 0.357. The Balaban J connectivity index is 2.46. The summed E-state index contributed by atoms with van der Waals surface area (Å²) in [4.78, 5) is 4.54. The Bertz CT molecular complexity index is 460. The van der Waals surface area contributed by atoms with Crippen LogP contribution in [0.5, 0.6) is 0 Å². The summed E-state index contributed by atoms with van der Waals surface area (Å²) in [6.45, 7) is 4.27. The second kappa shape index (κ2) is 4.43. The zero-order valence-electron chi connectivity index (χ0n) is 9.46. The highest BCUT2D eigenvalue weighted by atomic mass is 14.7. The minimum Gasteiger partial charge on any atom is -0.253 e. The van der Waals surface area contributed by atoms with Gasteiger partial charge in [-0.3, -0.25) is 4.98 Å². The lowest BCUT2D eigenvalue weighted by Crippen LogP contribution is -1.89. The van der Waals surface area contributed by atoms with Gasteiger partial charge in [0, 0.05) is 11.1 Å². The van der Waals surface area contributed by atoms with Gasteiger partial charge in [-0.2, -0.15) is 0 Å². The predicted octanol–water partition coefficient (Wildman–Crippen LogP) is 3.89. The molecule has 1 heterocycles. The summed E-state index contributed by atoms with van der Waals surface area (Å²) in [5.74, 6) is 0. The van der Waals surface area contributed by atoms with Crippen molar-refractivity contribution in [1.82, 2.24) is 4.98 Å². The van der Waals surface area contributed by atoms with Crippen LogP contribution in [0.4, 0.5) is 0 Å². The van der Waals surface area contributed by atoms with Gasteiger partial charge < -0.3 is 0 Å². The normalized spacial score (nSPS) is 10.8. The van der Waals surface area contributed by atoms with Crippen molar-refractivity contribution in [2.24, 2.45) is 0 Å². The number of hydrogen-bond donors (Lipinski definition) is 0. The molecule has 1 aromatic carbocycles. The van der Waals surface area contributed by atoms with Gasteiger partial charge in [-0.25, -0.2) is 0 Å². The van der Waals surface area contributed by atoms with E-state index in [0.29, 0.717) is 0 Å². The highest BCUT2D eigenvalue weighted by molar-refractivity contribution is 5.82. The molecule has 2 aromatic rings. The Morgan fingerprint density at radius 3 is 2.80 bits per heavy atom. The zero-order valence-corrected chi connectivity index (χ0v) is 9.46. The Labute approximate surface area is 91.2 Å². The molecular weight excluding hydrogens is 182 g/mol. The van der Waals surface area contributed by atoms with Crippen LogP contribution < -0.4 is 0 Å². The van der Waals surface area contributed by atoms with E-state index in [4.69, 9.17) is 0 Å². The van der Waals surface area contributed by atoms with E-state index < -0.39 is 0 Å². The third kappa shape index (κ3) is 2.17. The molecule has 0 aliphatic rings. The van der Waals surface area contributed by atoms with E-state index in [2.05, 4.69) is 42.2 Å². The predicted molar refractivity (Wildman–Crippen MR) is 65.1 cm³/mol. The Morgan fingerprint density at radius 1 is 1.13 bits per heavy atom.